The van der Waals surface area contributed by atoms with Crippen molar-refractivity contribution in [3.63, 3.8) is 0 Å². The van der Waals surface area contributed by atoms with Crippen LogP contribution in [0, 0.1) is 30.6 Å². The van der Waals surface area contributed by atoms with Gasteiger partial charge in [0.15, 0.2) is 5.65 Å². The number of ketones is 1. The SMILES string of the molecule is CC(C)(C)OC(=O)CC1CCn2nc(Br)nc2C1.COC(=O)C1CCn2nc(Br)nc2C1.COC(=O)C1CCn2nc(N)nc2C1.COC(=O)c1ccn2nc(N)nc2c1.Cc1nsc(-c2cnn(C)c2C(=O)CO)n1.Cl.NC1CCn2nc(Br)nc2C1.O=C(O)C1CCn2nc(Br)nc2C1. The molecule has 0 saturated carbocycles. The van der Waals surface area contributed by atoms with Crippen LogP contribution in [0.15, 0.2) is 43.5 Å². The zero-order chi connectivity index (χ0) is 72.7. The third-order valence-electron chi connectivity index (χ3n) is 15.6. The van der Waals surface area contributed by atoms with Gasteiger partial charge in [-0.3, -0.25) is 28.7 Å². The Morgan fingerprint density at radius 1 is 0.634 bits per heavy atom. The first-order chi connectivity index (χ1) is 47.5. The molecule has 5 aliphatic heterocycles. The van der Waals surface area contributed by atoms with Crippen LogP contribution in [-0.2, 0) is 110 Å². The number of aliphatic hydroxyl groups is 1. The van der Waals surface area contributed by atoms with E-state index in [1.54, 1.807) is 47.9 Å². The number of fused-ring (bicyclic) bond motifs is 6. The van der Waals surface area contributed by atoms with Gasteiger partial charge in [0, 0.05) is 90.5 Å². The van der Waals surface area contributed by atoms with Gasteiger partial charge >= 0.3 is 29.8 Å². The average Bonchev–Trinajstić information content (AvgIpc) is 1.69. The van der Waals surface area contributed by atoms with Crippen LogP contribution >= 0.6 is 87.7 Å². The molecule has 0 radical (unpaired) electrons. The summed E-state index contributed by atoms with van der Waals surface area (Å²) in [6, 6.07) is 3.42. The van der Waals surface area contributed by atoms with Crippen LogP contribution in [-0.4, -0.2) is 193 Å². The van der Waals surface area contributed by atoms with Gasteiger partial charge in [-0.2, -0.15) is 19.4 Å². The summed E-state index contributed by atoms with van der Waals surface area (Å²) in [6.07, 6.45) is 11.0. The maximum atomic E-state index is 11.8. The van der Waals surface area contributed by atoms with Crippen molar-refractivity contribution < 1.29 is 57.9 Å². The minimum Gasteiger partial charge on any atom is -0.481 e. The number of anilines is 2. The molecule has 0 aliphatic carbocycles. The summed E-state index contributed by atoms with van der Waals surface area (Å²) in [4.78, 5) is 96.6. The van der Waals surface area contributed by atoms with Gasteiger partial charge < -0.3 is 46.4 Å². The third kappa shape index (κ3) is 22.7. The number of rotatable bonds is 9. The maximum Gasteiger partial charge on any atom is 0.338 e. The molecule has 546 valence electrons. The van der Waals surface area contributed by atoms with Crippen molar-refractivity contribution in [3.05, 3.63) is 89.7 Å². The predicted octanol–water partition coefficient (Wildman–Crippen LogP) is 4.65. The van der Waals surface area contributed by atoms with Crippen molar-refractivity contribution in [2.75, 3.05) is 39.4 Å². The number of ether oxygens (including phenoxy) is 4. The van der Waals surface area contributed by atoms with Crippen molar-refractivity contribution >= 4 is 141 Å². The number of methoxy groups -OCH3 is 3. The predicted molar refractivity (Wildman–Crippen MR) is 375 cm³/mol. The fourth-order valence-corrected chi connectivity index (χ4v) is 13.1. The standard InChI is InChI=1S/C12H18BrN3O2.C9H10N4O2S.C8H10BrN3O2.C8H12N4O2.C8H8N4O2.C7H8BrN3O2.C6H9BrN4.ClH/c1-12(2,3)18-10(17)7-8-4-5-16-9(6-8)14-11(13)15-16;1-5-11-9(16-12-5)6-3-10-13(2)8(6)7(15)4-14;3*1-14-7(13)5-2-3-12-6(4-5)10-8(9)11-12;8-7-9-5-3-4(6(12)13)1-2-11(5)10-7;7-6-9-5-3-4(8)1-2-11(5)10-6;/h8H,4-7H2,1-3H3;3,14H,4H2,1-2H3;5H,2-4H2,1H3;5H,2-4H2,1H3,(H2,9,11);2-4H,1H3,(H2,9,11);4H,1-3H2,(H,12,13);4H,1-3,8H2;1H. The number of pyridine rings is 1. The van der Waals surface area contributed by atoms with E-state index in [0.717, 1.165) is 87.3 Å². The minimum absolute atomic E-state index is 0. The van der Waals surface area contributed by atoms with E-state index in [1.807, 2.05) is 34.8 Å². The van der Waals surface area contributed by atoms with E-state index < -0.39 is 24.1 Å². The van der Waals surface area contributed by atoms with Gasteiger partial charge in [-0.1, -0.05) is 0 Å². The van der Waals surface area contributed by atoms with Crippen molar-refractivity contribution in [3.8, 4) is 10.6 Å². The Bertz CT molecular complexity index is 4260. The number of aliphatic carboxylic acids is 1. The Labute approximate surface area is 620 Å². The van der Waals surface area contributed by atoms with Crippen molar-refractivity contribution in [2.24, 2.45) is 36.5 Å². The van der Waals surface area contributed by atoms with Crippen LogP contribution in [0.4, 0.5) is 11.9 Å². The molecule has 5 aliphatic rings. The zero-order valence-electron chi connectivity index (χ0n) is 56.1. The molecule has 0 amide bonds. The average molecular weight is 1700 g/mol. The lowest BCUT2D eigenvalue weighted by atomic mass is 9.94. The number of nitrogens with two attached hydrogens (primary N) is 3. The number of halogens is 5. The second-order valence-corrected chi connectivity index (χ2v) is 27.6. The lowest BCUT2D eigenvalue weighted by Gasteiger charge is -2.24. The summed E-state index contributed by atoms with van der Waals surface area (Å²) in [5, 5.41) is 46.8. The first-order valence-corrected chi connectivity index (χ1v) is 35.0. The van der Waals surface area contributed by atoms with Crippen LogP contribution in [0.25, 0.3) is 16.2 Å². The number of nitrogen functional groups attached to an aromatic ring is 2. The topological polar surface area (TPSA) is 485 Å². The molecular formula is C58H76Br4ClN25O12S. The molecule has 9 aromatic rings. The van der Waals surface area contributed by atoms with E-state index in [0.29, 0.717) is 103 Å². The van der Waals surface area contributed by atoms with Crippen LogP contribution in [0.3, 0.4) is 0 Å². The Morgan fingerprint density at radius 3 is 1.60 bits per heavy atom. The lowest BCUT2D eigenvalue weighted by Crippen LogP contribution is -2.31. The Hall–Kier alpha value is -8.16. The fraction of sp³-hybridized carbons (Fsp3) is 0.534. The lowest BCUT2D eigenvalue weighted by molar-refractivity contribution is -0.156. The molecule has 9 aromatic heterocycles. The molecule has 8 N–H and O–H groups in total. The Morgan fingerprint density at radius 2 is 1.11 bits per heavy atom. The number of carboxylic acids is 1. The van der Waals surface area contributed by atoms with Crippen molar-refractivity contribution in [1.29, 1.82) is 0 Å². The summed E-state index contributed by atoms with van der Waals surface area (Å²) >= 11 is 14.1. The van der Waals surface area contributed by atoms with Crippen LogP contribution < -0.4 is 17.2 Å². The number of carbonyl (C=O) groups is 6. The number of carboxylic acid groups (broad SMARTS) is 1. The number of hydrogen-bond acceptors (Lipinski definition) is 30. The number of carbonyl (C=O) groups excluding carboxylic acids is 5. The maximum absolute atomic E-state index is 11.8. The molecule has 43 heteroatoms. The molecule has 14 heterocycles. The molecule has 0 bridgehead atoms. The first-order valence-electron chi connectivity index (χ1n) is 31.1. The van der Waals surface area contributed by atoms with Crippen molar-refractivity contribution in [1.82, 2.24) is 108 Å². The van der Waals surface area contributed by atoms with Gasteiger partial charge in [0.2, 0.25) is 36.6 Å². The number of aromatic nitrogens is 22. The molecule has 0 fully saturated rings. The Kier molecular flexibility index (Phi) is 29.1. The smallest absolute Gasteiger partial charge is 0.338 e. The third-order valence-corrected chi connectivity index (χ3v) is 17.7. The highest BCUT2D eigenvalue weighted by Crippen LogP contribution is 2.28. The number of esters is 4. The van der Waals surface area contributed by atoms with E-state index >= 15 is 0 Å². The fourth-order valence-electron chi connectivity index (χ4n) is 10.8. The highest BCUT2D eigenvalue weighted by molar-refractivity contribution is 9.11. The van der Waals surface area contributed by atoms with Gasteiger partial charge in [-0.05, 0) is 153 Å². The highest BCUT2D eigenvalue weighted by Gasteiger charge is 2.31. The van der Waals surface area contributed by atoms with E-state index in [9.17, 15) is 28.8 Å². The number of Topliss-reactive ketones (excluding diaryl/α,β-unsaturated/α-hetero) is 1. The zero-order valence-corrected chi connectivity index (χ0v) is 64.1. The molecule has 0 spiro atoms. The highest BCUT2D eigenvalue weighted by atomic mass is 79.9. The monoisotopic (exact) mass is 1700 g/mol. The summed E-state index contributed by atoms with van der Waals surface area (Å²) in [7, 11) is 5.79. The summed E-state index contributed by atoms with van der Waals surface area (Å²) < 4.78 is 37.8. The first kappa shape index (κ1) is 80.2. The second kappa shape index (κ2) is 36.6. The van der Waals surface area contributed by atoms with E-state index in [2.05, 4.69) is 148 Å². The molecule has 5 unspecified atom stereocenters. The summed E-state index contributed by atoms with van der Waals surface area (Å²) in [5.74, 6) is 3.26. The molecule has 37 nitrogen and oxygen atoms in total. The van der Waals surface area contributed by atoms with E-state index in [4.69, 9.17) is 36.9 Å². The molecule has 5 atom stereocenters. The molecule has 0 saturated heterocycles. The van der Waals surface area contributed by atoms with Crippen LogP contribution in [0.5, 0.6) is 0 Å². The van der Waals surface area contributed by atoms with Gasteiger partial charge in [-0.15, -0.1) is 43.0 Å². The summed E-state index contributed by atoms with van der Waals surface area (Å²) in [6.45, 7) is 10.7. The molecule has 101 heavy (non-hydrogen) atoms. The molecular weight excluding hydrogens is 1630 g/mol. The number of aliphatic hydroxyl groups excluding tert-OH is 1. The minimum atomic E-state index is -0.745. The summed E-state index contributed by atoms with van der Waals surface area (Å²) in [5.41, 5.74) is 18.1. The molecule has 14 rings (SSSR count). The van der Waals surface area contributed by atoms with Crippen molar-refractivity contribution in [2.45, 2.75) is 143 Å². The van der Waals surface area contributed by atoms with Gasteiger partial charge in [0.05, 0.1) is 56.4 Å². The van der Waals surface area contributed by atoms with E-state index in [1.165, 1.54) is 42.1 Å². The van der Waals surface area contributed by atoms with Crippen LogP contribution in [0.2, 0.25) is 0 Å². The Balaban J connectivity index is 0.000000166. The largest absolute Gasteiger partial charge is 0.481 e. The quantitative estimate of drug-likeness (QED) is 0.0745. The number of aryl methyl sites for hydroxylation is 7. The molecule has 0 aromatic carbocycles. The second-order valence-electron chi connectivity index (χ2n) is 24.0. The normalized spacial score (nSPS) is 17.5. The number of nitrogens with zero attached hydrogens (tertiary/aromatic N) is 22. The van der Waals surface area contributed by atoms with Gasteiger partial charge in [0.1, 0.15) is 57.9 Å². The number of hydrogen-bond donors (Lipinski definition) is 5. The van der Waals surface area contributed by atoms with Gasteiger partial charge in [0.25, 0.3) is 0 Å². The van der Waals surface area contributed by atoms with E-state index in [-0.39, 0.29) is 71.8 Å². The van der Waals surface area contributed by atoms with Crippen LogP contribution in [0.1, 0.15) is 115 Å². The van der Waals surface area contributed by atoms with Gasteiger partial charge in [-0.25, -0.2) is 57.6 Å².